The number of nitrogen functional groups attached to an aromatic ring is 1. The topological polar surface area (TPSA) is 38.9 Å². The van der Waals surface area contributed by atoms with Crippen LogP contribution in [0.5, 0.6) is 0 Å². The van der Waals surface area contributed by atoms with E-state index in [4.69, 9.17) is 17.3 Å². The quantitative estimate of drug-likeness (QED) is 0.744. The molecule has 14 heavy (non-hydrogen) atoms. The number of pyridine rings is 1. The Labute approximate surface area is 95.2 Å². The van der Waals surface area contributed by atoms with Crippen molar-refractivity contribution in [3.63, 3.8) is 0 Å². The summed E-state index contributed by atoms with van der Waals surface area (Å²) in [6.07, 6.45) is 0. The molecule has 0 aliphatic heterocycles. The number of anilines is 1. The van der Waals surface area contributed by atoms with E-state index in [2.05, 4.69) is 20.9 Å². The summed E-state index contributed by atoms with van der Waals surface area (Å²) in [5.74, 6) is 0. The van der Waals surface area contributed by atoms with Gasteiger partial charge in [0, 0.05) is 9.86 Å². The average molecular weight is 272 g/mol. The zero-order valence-electron chi connectivity index (χ0n) is 7.51. The standard InChI is InChI=1S/C10H8BrClN2/c1-5-2-3-7(11)6-4-8(13)10(12)14-9(5)6/h2-4H,13H2,1H3. The van der Waals surface area contributed by atoms with Crippen LogP contribution < -0.4 is 5.73 Å². The predicted octanol–water partition coefficient (Wildman–Crippen LogP) is 3.54. The molecule has 0 bridgehead atoms. The summed E-state index contributed by atoms with van der Waals surface area (Å²) in [4.78, 5) is 4.25. The van der Waals surface area contributed by atoms with Gasteiger partial charge < -0.3 is 5.73 Å². The average Bonchev–Trinajstić information content (AvgIpc) is 2.15. The third-order valence-electron chi connectivity index (χ3n) is 2.11. The molecule has 4 heteroatoms. The van der Waals surface area contributed by atoms with Crippen molar-refractivity contribution in [2.75, 3.05) is 5.73 Å². The Morgan fingerprint density at radius 1 is 1.43 bits per heavy atom. The van der Waals surface area contributed by atoms with Crippen molar-refractivity contribution >= 4 is 44.1 Å². The van der Waals surface area contributed by atoms with E-state index in [0.29, 0.717) is 10.8 Å². The number of hydrogen-bond donors (Lipinski definition) is 1. The number of hydrogen-bond acceptors (Lipinski definition) is 2. The number of aryl methyl sites for hydroxylation is 1. The van der Waals surface area contributed by atoms with E-state index in [1.807, 2.05) is 25.1 Å². The van der Waals surface area contributed by atoms with Crippen molar-refractivity contribution in [1.29, 1.82) is 0 Å². The molecule has 0 saturated carbocycles. The highest BCUT2D eigenvalue weighted by Crippen LogP contribution is 2.29. The molecule has 2 rings (SSSR count). The number of rotatable bonds is 0. The van der Waals surface area contributed by atoms with E-state index in [-0.39, 0.29) is 0 Å². The summed E-state index contributed by atoms with van der Waals surface area (Å²) in [6, 6.07) is 5.81. The van der Waals surface area contributed by atoms with Crippen molar-refractivity contribution in [1.82, 2.24) is 4.98 Å². The van der Waals surface area contributed by atoms with Gasteiger partial charge in [0.05, 0.1) is 11.2 Å². The second-order valence-electron chi connectivity index (χ2n) is 3.13. The molecule has 0 unspecified atom stereocenters. The van der Waals surface area contributed by atoms with E-state index < -0.39 is 0 Å². The monoisotopic (exact) mass is 270 g/mol. The number of nitrogens with two attached hydrogens (primary N) is 1. The Morgan fingerprint density at radius 3 is 2.86 bits per heavy atom. The lowest BCUT2D eigenvalue weighted by Gasteiger charge is -2.05. The summed E-state index contributed by atoms with van der Waals surface area (Å²) in [6.45, 7) is 1.99. The van der Waals surface area contributed by atoms with Crippen LogP contribution in [-0.4, -0.2) is 4.98 Å². The molecule has 0 aliphatic rings. The SMILES string of the molecule is Cc1ccc(Br)c2cc(N)c(Cl)nc12. The first-order valence-electron chi connectivity index (χ1n) is 4.10. The van der Waals surface area contributed by atoms with Crippen LogP contribution in [0.15, 0.2) is 22.7 Å². The van der Waals surface area contributed by atoms with E-state index >= 15 is 0 Å². The molecule has 1 heterocycles. The van der Waals surface area contributed by atoms with Gasteiger partial charge in [-0.25, -0.2) is 4.98 Å². The van der Waals surface area contributed by atoms with Gasteiger partial charge in [-0.15, -0.1) is 0 Å². The van der Waals surface area contributed by atoms with Gasteiger partial charge in [0.15, 0.2) is 5.15 Å². The van der Waals surface area contributed by atoms with E-state index in [0.717, 1.165) is 20.9 Å². The highest BCUT2D eigenvalue weighted by atomic mass is 79.9. The fraction of sp³-hybridized carbons (Fsp3) is 0.100. The van der Waals surface area contributed by atoms with Crippen LogP contribution in [-0.2, 0) is 0 Å². The normalized spacial score (nSPS) is 10.8. The molecule has 0 saturated heterocycles. The molecular weight excluding hydrogens is 263 g/mol. The van der Waals surface area contributed by atoms with Crippen LogP contribution in [0.2, 0.25) is 5.15 Å². The second kappa shape index (κ2) is 3.41. The number of benzene rings is 1. The first kappa shape index (κ1) is 9.74. The van der Waals surface area contributed by atoms with E-state index in [1.165, 1.54) is 0 Å². The lowest BCUT2D eigenvalue weighted by Crippen LogP contribution is -1.92. The fourth-order valence-electron chi connectivity index (χ4n) is 1.36. The Hall–Kier alpha value is -0.800. The fourth-order valence-corrected chi connectivity index (χ4v) is 1.93. The number of fused-ring (bicyclic) bond motifs is 1. The minimum absolute atomic E-state index is 0.360. The van der Waals surface area contributed by atoms with Gasteiger partial charge in [-0.05, 0) is 24.6 Å². The Kier molecular flexibility index (Phi) is 2.37. The Balaban J connectivity index is 2.94. The summed E-state index contributed by atoms with van der Waals surface area (Å²) in [5.41, 5.74) is 8.17. The van der Waals surface area contributed by atoms with Gasteiger partial charge in [0.25, 0.3) is 0 Å². The van der Waals surface area contributed by atoms with Gasteiger partial charge in [-0.3, -0.25) is 0 Å². The van der Waals surface area contributed by atoms with Crippen molar-refractivity contribution in [2.45, 2.75) is 6.92 Å². The van der Waals surface area contributed by atoms with Crippen LogP contribution in [0, 0.1) is 6.92 Å². The summed E-state index contributed by atoms with van der Waals surface area (Å²) in [7, 11) is 0. The maximum Gasteiger partial charge on any atom is 0.152 e. The minimum Gasteiger partial charge on any atom is -0.396 e. The number of aromatic nitrogens is 1. The van der Waals surface area contributed by atoms with Crippen molar-refractivity contribution in [3.8, 4) is 0 Å². The van der Waals surface area contributed by atoms with Crippen LogP contribution in [0.4, 0.5) is 5.69 Å². The van der Waals surface area contributed by atoms with Crippen molar-refractivity contribution < 1.29 is 0 Å². The lowest BCUT2D eigenvalue weighted by atomic mass is 10.1. The first-order valence-corrected chi connectivity index (χ1v) is 5.27. The molecule has 0 amide bonds. The van der Waals surface area contributed by atoms with Crippen LogP contribution in [0.1, 0.15) is 5.56 Å². The highest BCUT2D eigenvalue weighted by Gasteiger charge is 2.06. The molecule has 2 nitrogen and oxygen atoms in total. The van der Waals surface area contributed by atoms with Gasteiger partial charge in [0.2, 0.25) is 0 Å². The molecule has 1 aromatic carbocycles. The first-order chi connectivity index (χ1) is 6.59. The smallest absolute Gasteiger partial charge is 0.152 e. The lowest BCUT2D eigenvalue weighted by molar-refractivity contribution is 1.36. The minimum atomic E-state index is 0.360. The van der Waals surface area contributed by atoms with E-state index in [9.17, 15) is 0 Å². The third-order valence-corrected chi connectivity index (χ3v) is 3.11. The molecule has 2 N–H and O–H groups in total. The van der Waals surface area contributed by atoms with Crippen LogP contribution >= 0.6 is 27.5 Å². The van der Waals surface area contributed by atoms with Crippen LogP contribution in [0.25, 0.3) is 10.9 Å². The van der Waals surface area contributed by atoms with Crippen LogP contribution in [0.3, 0.4) is 0 Å². The zero-order chi connectivity index (χ0) is 10.3. The Bertz CT molecular complexity index is 464. The summed E-state index contributed by atoms with van der Waals surface area (Å²) >= 11 is 9.31. The molecule has 0 atom stereocenters. The number of halogens is 2. The third kappa shape index (κ3) is 1.47. The molecular formula is C10H8BrClN2. The maximum absolute atomic E-state index is 5.86. The zero-order valence-corrected chi connectivity index (χ0v) is 9.85. The Morgan fingerprint density at radius 2 is 2.14 bits per heavy atom. The molecule has 0 fully saturated rings. The largest absolute Gasteiger partial charge is 0.396 e. The van der Waals surface area contributed by atoms with Gasteiger partial charge in [0.1, 0.15) is 0 Å². The molecule has 2 aromatic rings. The number of nitrogens with zero attached hydrogens (tertiary/aromatic N) is 1. The van der Waals surface area contributed by atoms with Gasteiger partial charge in [-0.1, -0.05) is 33.6 Å². The van der Waals surface area contributed by atoms with Gasteiger partial charge >= 0.3 is 0 Å². The van der Waals surface area contributed by atoms with E-state index in [1.54, 1.807) is 0 Å². The van der Waals surface area contributed by atoms with Crippen molar-refractivity contribution in [2.24, 2.45) is 0 Å². The molecule has 0 spiro atoms. The summed E-state index contributed by atoms with van der Waals surface area (Å²) in [5, 5.41) is 1.35. The predicted molar refractivity (Wildman–Crippen MR) is 63.6 cm³/mol. The summed E-state index contributed by atoms with van der Waals surface area (Å²) < 4.78 is 0.981. The molecule has 1 aromatic heterocycles. The van der Waals surface area contributed by atoms with Crippen molar-refractivity contribution in [3.05, 3.63) is 33.4 Å². The van der Waals surface area contributed by atoms with Gasteiger partial charge in [-0.2, -0.15) is 0 Å². The highest BCUT2D eigenvalue weighted by molar-refractivity contribution is 9.10. The maximum atomic E-state index is 5.86. The molecule has 72 valence electrons. The molecule has 0 radical (unpaired) electrons. The second-order valence-corrected chi connectivity index (χ2v) is 4.34. The molecule has 0 aliphatic carbocycles.